The van der Waals surface area contributed by atoms with E-state index >= 15 is 0 Å². The molecule has 1 aliphatic heterocycles. The Labute approximate surface area is 155 Å². The summed E-state index contributed by atoms with van der Waals surface area (Å²) in [7, 11) is 0. The highest BCUT2D eigenvalue weighted by molar-refractivity contribution is 5.93. The van der Waals surface area contributed by atoms with Crippen molar-refractivity contribution in [1.82, 2.24) is 0 Å². The first kappa shape index (κ1) is 18.6. The SMILES string of the molecule is CCCOC(=O)c1ccc2c(c1)COc1c(ccc(F)c1F)/C2=C(\C)C#N. The van der Waals surface area contributed by atoms with Gasteiger partial charge in [0.05, 0.1) is 18.2 Å². The molecule has 27 heavy (non-hydrogen) atoms. The third-order valence-corrected chi connectivity index (χ3v) is 4.28. The number of carbonyl (C=O) groups is 1. The molecule has 0 saturated heterocycles. The molecule has 2 aromatic rings. The van der Waals surface area contributed by atoms with Crippen LogP contribution in [0.1, 0.15) is 47.3 Å². The van der Waals surface area contributed by atoms with E-state index in [9.17, 15) is 18.8 Å². The highest BCUT2D eigenvalue weighted by atomic mass is 19.2. The lowest BCUT2D eigenvalue weighted by molar-refractivity contribution is 0.0505. The van der Waals surface area contributed by atoms with Crippen LogP contribution in [0.3, 0.4) is 0 Å². The van der Waals surface area contributed by atoms with E-state index in [4.69, 9.17) is 9.47 Å². The lowest BCUT2D eigenvalue weighted by Crippen LogP contribution is -2.08. The van der Waals surface area contributed by atoms with Crippen LogP contribution in [0.15, 0.2) is 35.9 Å². The number of ether oxygens (including phenoxy) is 2. The molecule has 2 aromatic carbocycles. The van der Waals surface area contributed by atoms with Crippen LogP contribution in [0.4, 0.5) is 8.78 Å². The van der Waals surface area contributed by atoms with Crippen LogP contribution in [0.2, 0.25) is 0 Å². The highest BCUT2D eigenvalue weighted by Gasteiger charge is 2.26. The van der Waals surface area contributed by atoms with Gasteiger partial charge in [-0.15, -0.1) is 0 Å². The van der Waals surface area contributed by atoms with Gasteiger partial charge in [0.2, 0.25) is 5.82 Å². The Morgan fingerprint density at radius 1 is 1.26 bits per heavy atom. The van der Waals surface area contributed by atoms with Gasteiger partial charge in [-0.2, -0.15) is 9.65 Å². The van der Waals surface area contributed by atoms with E-state index in [1.807, 2.05) is 6.92 Å². The molecule has 0 radical (unpaired) electrons. The summed E-state index contributed by atoms with van der Waals surface area (Å²) in [4.78, 5) is 12.1. The van der Waals surface area contributed by atoms with Crippen LogP contribution in [0, 0.1) is 23.0 Å². The molecule has 0 aliphatic carbocycles. The summed E-state index contributed by atoms with van der Waals surface area (Å²) in [6, 6.07) is 9.31. The molecule has 3 rings (SSSR count). The zero-order valence-corrected chi connectivity index (χ0v) is 14.9. The van der Waals surface area contributed by atoms with Gasteiger partial charge in [-0.25, -0.2) is 9.18 Å². The molecule has 0 N–H and O–H groups in total. The minimum atomic E-state index is -1.11. The van der Waals surface area contributed by atoms with Crippen molar-refractivity contribution in [3.63, 3.8) is 0 Å². The molecule has 0 spiro atoms. The van der Waals surface area contributed by atoms with E-state index in [-0.39, 0.29) is 12.4 Å². The lowest BCUT2D eigenvalue weighted by atomic mass is 9.90. The first-order valence-electron chi connectivity index (χ1n) is 8.50. The number of nitriles is 1. The third-order valence-electron chi connectivity index (χ3n) is 4.28. The van der Waals surface area contributed by atoms with Crippen LogP contribution in [-0.2, 0) is 11.3 Å². The van der Waals surface area contributed by atoms with Crippen LogP contribution >= 0.6 is 0 Å². The van der Waals surface area contributed by atoms with Crippen LogP contribution < -0.4 is 4.74 Å². The molecule has 0 amide bonds. The molecule has 0 aromatic heterocycles. The van der Waals surface area contributed by atoms with Crippen LogP contribution in [0.25, 0.3) is 5.57 Å². The molecule has 0 atom stereocenters. The van der Waals surface area contributed by atoms with Gasteiger partial charge in [-0.3, -0.25) is 0 Å². The summed E-state index contributed by atoms with van der Waals surface area (Å²) < 4.78 is 38.6. The fourth-order valence-corrected chi connectivity index (χ4v) is 2.99. The lowest BCUT2D eigenvalue weighted by Gasteiger charge is -2.12. The normalized spacial score (nSPS) is 14.2. The van der Waals surface area contributed by atoms with Crippen LogP contribution in [0.5, 0.6) is 5.75 Å². The summed E-state index contributed by atoms with van der Waals surface area (Å²) in [5, 5.41) is 9.40. The average Bonchev–Trinajstić information content (AvgIpc) is 2.84. The molecule has 0 bridgehead atoms. The molecule has 4 nitrogen and oxygen atoms in total. The quantitative estimate of drug-likeness (QED) is 0.578. The molecule has 1 heterocycles. The number of esters is 1. The van der Waals surface area contributed by atoms with E-state index in [0.717, 1.165) is 6.07 Å². The Morgan fingerprint density at radius 3 is 2.70 bits per heavy atom. The summed E-state index contributed by atoms with van der Waals surface area (Å²) in [5.41, 5.74) is 2.63. The van der Waals surface area contributed by atoms with Crippen molar-refractivity contribution in [3.05, 3.63) is 69.8 Å². The molecule has 0 unspecified atom stereocenters. The predicted octanol–water partition coefficient (Wildman–Crippen LogP) is 4.77. The Morgan fingerprint density at radius 2 is 2.00 bits per heavy atom. The van der Waals surface area contributed by atoms with E-state index in [2.05, 4.69) is 6.07 Å². The zero-order valence-electron chi connectivity index (χ0n) is 14.9. The Hall–Kier alpha value is -3.20. The number of rotatable bonds is 3. The van der Waals surface area contributed by atoms with Gasteiger partial charge in [0.25, 0.3) is 0 Å². The van der Waals surface area contributed by atoms with Crippen molar-refractivity contribution in [2.24, 2.45) is 0 Å². The van der Waals surface area contributed by atoms with Crippen molar-refractivity contribution in [1.29, 1.82) is 5.26 Å². The molecule has 6 heteroatoms. The number of nitrogens with zero attached hydrogens (tertiary/aromatic N) is 1. The Kier molecular flexibility index (Phi) is 5.22. The van der Waals surface area contributed by atoms with Gasteiger partial charge < -0.3 is 9.47 Å². The maximum atomic E-state index is 14.3. The van der Waals surface area contributed by atoms with Gasteiger partial charge in [-0.05, 0) is 48.7 Å². The van der Waals surface area contributed by atoms with Crippen molar-refractivity contribution in [2.45, 2.75) is 26.9 Å². The zero-order chi connectivity index (χ0) is 19.6. The third kappa shape index (κ3) is 3.41. The largest absolute Gasteiger partial charge is 0.485 e. The number of hydrogen-bond donors (Lipinski definition) is 0. The van der Waals surface area contributed by atoms with E-state index in [0.29, 0.717) is 46.4 Å². The van der Waals surface area contributed by atoms with Gasteiger partial charge >= 0.3 is 5.97 Å². The monoisotopic (exact) mass is 369 g/mol. The first-order valence-corrected chi connectivity index (χ1v) is 8.50. The standard InChI is InChI=1S/C21H17F2NO3/c1-3-8-26-21(25)13-4-5-15-14(9-13)11-27-20-16(18(15)12(2)10-24)6-7-17(22)19(20)23/h4-7,9H,3,8,11H2,1-2H3/b18-12+. The van der Waals surface area contributed by atoms with E-state index in [1.165, 1.54) is 6.07 Å². The second-order valence-electron chi connectivity index (χ2n) is 6.15. The number of allylic oxidation sites excluding steroid dienone is 1. The number of hydrogen-bond acceptors (Lipinski definition) is 4. The minimum absolute atomic E-state index is 0.0696. The number of carbonyl (C=O) groups excluding carboxylic acids is 1. The Balaban J connectivity index is 2.17. The molecular formula is C21H17F2NO3. The van der Waals surface area contributed by atoms with Crippen molar-refractivity contribution in [3.8, 4) is 11.8 Å². The minimum Gasteiger partial charge on any atom is -0.485 e. The van der Waals surface area contributed by atoms with Crippen molar-refractivity contribution in [2.75, 3.05) is 6.61 Å². The van der Waals surface area contributed by atoms with E-state index < -0.39 is 17.6 Å². The van der Waals surface area contributed by atoms with Crippen LogP contribution in [-0.4, -0.2) is 12.6 Å². The van der Waals surface area contributed by atoms with E-state index in [1.54, 1.807) is 25.1 Å². The predicted molar refractivity (Wildman–Crippen MR) is 95.0 cm³/mol. The number of benzene rings is 2. The fraction of sp³-hybridized carbons (Fsp3) is 0.238. The average molecular weight is 369 g/mol. The topological polar surface area (TPSA) is 59.3 Å². The number of fused-ring (bicyclic) bond motifs is 2. The second-order valence-corrected chi connectivity index (χ2v) is 6.15. The molecule has 0 saturated carbocycles. The smallest absolute Gasteiger partial charge is 0.338 e. The second kappa shape index (κ2) is 7.58. The van der Waals surface area contributed by atoms with Gasteiger partial charge in [0.1, 0.15) is 6.61 Å². The molecule has 138 valence electrons. The van der Waals surface area contributed by atoms with Crippen molar-refractivity contribution < 1.29 is 23.0 Å². The summed E-state index contributed by atoms with van der Waals surface area (Å²) in [6.07, 6.45) is 0.703. The maximum absolute atomic E-state index is 14.3. The Bertz CT molecular complexity index is 990. The number of halogens is 2. The summed E-state index contributed by atoms with van der Waals surface area (Å²) >= 11 is 0. The molecule has 0 fully saturated rings. The maximum Gasteiger partial charge on any atom is 0.338 e. The summed E-state index contributed by atoms with van der Waals surface area (Å²) in [5.74, 6) is -2.85. The molecule has 1 aliphatic rings. The molecular weight excluding hydrogens is 352 g/mol. The van der Waals surface area contributed by atoms with Gasteiger partial charge in [0, 0.05) is 16.7 Å². The van der Waals surface area contributed by atoms with Crippen molar-refractivity contribution >= 4 is 11.5 Å². The fourth-order valence-electron chi connectivity index (χ4n) is 2.99. The first-order chi connectivity index (χ1) is 13.0. The van der Waals surface area contributed by atoms with Gasteiger partial charge in [0.15, 0.2) is 11.6 Å². The van der Waals surface area contributed by atoms with Gasteiger partial charge in [-0.1, -0.05) is 13.0 Å². The highest BCUT2D eigenvalue weighted by Crippen LogP contribution is 2.40. The summed E-state index contributed by atoms with van der Waals surface area (Å²) in [6.45, 7) is 3.73.